The molecule has 0 aliphatic carbocycles. The lowest BCUT2D eigenvalue weighted by molar-refractivity contribution is 0.0901. The fraction of sp³-hybridized carbons (Fsp3) is 0.471. The van der Waals surface area contributed by atoms with Crippen molar-refractivity contribution in [1.82, 2.24) is 25.0 Å². The van der Waals surface area contributed by atoms with Crippen molar-refractivity contribution in [3.05, 3.63) is 47.5 Å². The summed E-state index contributed by atoms with van der Waals surface area (Å²) in [5.74, 6) is 1.83. The summed E-state index contributed by atoms with van der Waals surface area (Å²) in [5.41, 5.74) is 0.993. The molecular weight excluding hydrogens is 306 g/mol. The molecule has 1 fully saturated rings. The Hall–Kier alpha value is -2.41. The van der Waals surface area contributed by atoms with Crippen LogP contribution in [-0.2, 0) is 24.4 Å². The van der Waals surface area contributed by atoms with E-state index in [0.717, 1.165) is 49.7 Å². The Labute approximate surface area is 140 Å². The molecule has 2 aromatic rings. The summed E-state index contributed by atoms with van der Waals surface area (Å²) in [6.07, 6.45) is 1.60. The summed E-state index contributed by atoms with van der Waals surface area (Å²) in [7, 11) is 0. The predicted octanol–water partition coefficient (Wildman–Crippen LogP) is 1.85. The molecule has 2 aliphatic heterocycles. The van der Waals surface area contributed by atoms with Crippen molar-refractivity contribution in [3.63, 3.8) is 0 Å². The van der Waals surface area contributed by atoms with Gasteiger partial charge in [-0.2, -0.15) is 0 Å². The highest BCUT2D eigenvalue weighted by molar-refractivity contribution is 5.68. The van der Waals surface area contributed by atoms with Crippen molar-refractivity contribution in [2.24, 2.45) is 0 Å². The number of aromatic nitrogens is 3. The Morgan fingerprint density at radius 2 is 2.12 bits per heavy atom. The van der Waals surface area contributed by atoms with E-state index in [0.29, 0.717) is 13.2 Å². The average Bonchev–Trinajstić information content (AvgIpc) is 3.27. The first-order chi connectivity index (χ1) is 11.8. The van der Waals surface area contributed by atoms with Gasteiger partial charge in [-0.25, -0.2) is 4.79 Å². The zero-order valence-electron chi connectivity index (χ0n) is 13.5. The fourth-order valence-corrected chi connectivity index (χ4v) is 3.42. The fourth-order valence-electron chi connectivity index (χ4n) is 3.42. The van der Waals surface area contributed by atoms with E-state index in [2.05, 4.69) is 20.1 Å². The van der Waals surface area contributed by atoms with Crippen LogP contribution in [0.2, 0.25) is 0 Å². The zero-order chi connectivity index (χ0) is 16.4. The Balaban J connectivity index is 1.46. The summed E-state index contributed by atoms with van der Waals surface area (Å²) >= 11 is 0. The van der Waals surface area contributed by atoms with Gasteiger partial charge in [-0.1, -0.05) is 30.3 Å². The molecule has 126 valence electrons. The van der Waals surface area contributed by atoms with Crippen LogP contribution in [0.15, 0.2) is 30.3 Å². The number of likely N-dealkylation sites (tertiary alicyclic amines) is 1. The van der Waals surface area contributed by atoms with Gasteiger partial charge in [0.25, 0.3) is 0 Å². The molecule has 2 aliphatic rings. The minimum Gasteiger partial charge on any atom is -0.445 e. The minimum atomic E-state index is -0.271. The molecule has 0 radical (unpaired) electrons. The molecular formula is C17H21N5O2. The van der Waals surface area contributed by atoms with E-state index >= 15 is 0 Å². The van der Waals surface area contributed by atoms with E-state index in [9.17, 15) is 4.79 Å². The molecule has 7 nitrogen and oxygen atoms in total. The summed E-state index contributed by atoms with van der Waals surface area (Å²) in [4.78, 5) is 14.3. The molecule has 1 aromatic heterocycles. The number of carbonyl (C=O) groups is 1. The molecule has 0 bridgehead atoms. The number of hydrogen-bond acceptors (Lipinski definition) is 5. The lowest BCUT2D eigenvalue weighted by Gasteiger charge is -2.25. The molecule has 3 heterocycles. The van der Waals surface area contributed by atoms with Gasteiger partial charge in [0.1, 0.15) is 12.4 Å². The van der Waals surface area contributed by atoms with Crippen LogP contribution < -0.4 is 5.32 Å². The number of fused-ring (bicyclic) bond motifs is 1. The van der Waals surface area contributed by atoms with Crippen LogP contribution in [0.4, 0.5) is 4.79 Å². The van der Waals surface area contributed by atoms with Crippen molar-refractivity contribution >= 4 is 6.09 Å². The van der Waals surface area contributed by atoms with E-state index < -0.39 is 0 Å². The van der Waals surface area contributed by atoms with E-state index in [-0.39, 0.29) is 12.1 Å². The van der Waals surface area contributed by atoms with Crippen molar-refractivity contribution in [1.29, 1.82) is 0 Å². The van der Waals surface area contributed by atoms with Crippen molar-refractivity contribution in [2.45, 2.75) is 38.6 Å². The molecule has 0 spiro atoms. The highest BCUT2D eigenvalue weighted by Gasteiger charge is 2.35. The van der Waals surface area contributed by atoms with Crippen LogP contribution in [0.3, 0.4) is 0 Å². The Morgan fingerprint density at radius 3 is 3.00 bits per heavy atom. The maximum Gasteiger partial charge on any atom is 0.410 e. The standard InChI is InChI=1S/C17H21N5O2/c23-17(24-12-13-5-2-1-3-6-13)21-9-4-7-14(21)16-20-19-15-11-18-8-10-22(15)16/h1-3,5-6,14,18H,4,7-12H2. The molecule has 24 heavy (non-hydrogen) atoms. The van der Waals surface area contributed by atoms with Gasteiger partial charge in [-0.15, -0.1) is 10.2 Å². The van der Waals surface area contributed by atoms with Crippen molar-refractivity contribution in [2.75, 3.05) is 13.1 Å². The van der Waals surface area contributed by atoms with Gasteiger partial charge in [-0.3, -0.25) is 4.90 Å². The van der Waals surface area contributed by atoms with E-state index in [1.807, 2.05) is 30.3 Å². The van der Waals surface area contributed by atoms with Gasteiger partial charge in [0.2, 0.25) is 0 Å². The lowest BCUT2D eigenvalue weighted by Crippen LogP contribution is -2.34. The molecule has 4 rings (SSSR count). The molecule has 7 heteroatoms. The largest absolute Gasteiger partial charge is 0.445 e. The molecule has 0 saturated carbocycles. The molecule has 1 atom stereocenters. The van der Waals surface area contributed by atoms with Crippen LogP contribution in [0, 0.1) is 0 Å². The first-order valence-electron chi connectivity index (χ1n) is 8.43. The molecule has 1 aromatic carbocycles. The van der Waals surface area contributed by atoms with Gasteiger partial charge in [0.05, 0.1) is 12.6 Å². The van der Waals surface area contributed by atoms with Crippen molar-refractivity contribution < 1.29 is 9.53 Å². The van der Waals surface area contributed by atoms with Gasteiger partial charge in [0.15, 0.2) is 5.82 Å². The van der Waals surface area contributed by atoms with E-state index in [1.54, 1.807) is 4.90 Å². The highest BCUT2D eigenvalue weighted by Crippen LogP contribution is 2.32. The third-order valence-electron chi connectivity index (χ3n) is 4.64. The third-order valence-corrected chi connectivity index (χ3v) is 4.64. The lowest BCUT2D eigenvalue weighted by atomic mass is 10.2. The Morgan fingerprint density at radius 1 is 1.25 bits per heavy atom. The van der Waals surface area contributed by atoms with Crippen LogP contribution >= 0.6 is 0 Å². The Kier molecular flexibility index (Phi) is 4.17. The smallest absolute Gasteiger partial charge is 0.410 e. The van der Waals surface area contributed by atoms with Crippen LogP contribution in [0.5, 0.6) is 0 Å². The second-order valence-corrected chi connectivity index (χ2v) is 6.19. The average molecular weight is 327 g/mol. The summed E-state index contributed by atoms with van der Waals surface area (Å²) in [6, 6.07) is 9.71. The van der Waals surface area contributed by atoms with E-state index in [4.69, 9.17) is 4.74 Å². The second-order valence-electron chi connectivity index (χ2n) is 6.19. The van der Waals surface area contributed by atoms with Crippen LogP contribution in [-0.4, -0.2) is 38.8 Å². The topological polar surface area (TPSA) is 72.3 Å². The maximum absolute atomic E-state index is 12.5. The number of nitrogens with one attached hydrogen (secondary N) is 1. The van der Waals surface area contributed by atoms with Crippen LogP contribution in [0.25, 0.3) is 0 Å². The zero-order valence-corrected chi connectivity index (χ0v) is 13.5. The first-order valence-corrected chi connectivity index (χ1v) is 8.43. The van der Waals surface area contributed by atoms with Gasteiger partial charge in [0, 0.05) is 19.6 Å². The summed E-state index contributed by atoms with van der Waals surface area (Å²) < 4.78 is 7.64. The SMILES string of the molecule is O=C(OCc1ccccc1)N1CCCC1c1nnc2n1CCNC2. The van der Waals surface area contributed by atoms with Gasteiger partial charge < -0.3 is 14.6 Å². The number of rotatable bonds is 3. The number of amides is 1. The summed E-state index contributed by atoms with van der Waals surface area (Å²) in [6.45, 7) is 3.49. The molecule has 1 amide bonds. The number of carbonyl (C=O) groups excluding carboxylic acids is 1. The normalized spacial score (nSPS) is 20.0. The molecule has 1 N–H and O–H groups in total. The first kappa shape index (κ1) is 15.1. The quantitative estimate of drug-likeness (QED) is 0.931. The molecule has 1 saturated heterocycles. The van der Waals surface area contributed by atoms with Crippen LogP contribution in [0.1, 0.15) is 36.1 Å². The highest BCUT2D eigenvalue weighted by atomic mass is 16.6. The monoisotopic (exact) mass is 327 g/mol. The van der Waals surface area contributed by atoms with E-state index in [1.165, 1.54) is 0 Å². The number of hydrogen-bond donors (Lipinski definition) is 1. The minimum absolute atomic E-state index is 0.0346. The third kappa shape index (κ3) is 2.87. The number of ether oxygens (including phenoxy) is 1. The Bertz CT molecular complexity index is 715. The predicted molar refractivity (Wildman–Crippen MR) is 87.0 cm³/mol. The summed E-state index contributed by atoms with van der Waals surface area (Å²) in [5, 5.41) is 11.9. The molecule has 1 unspecified atom stereocenters. The second kappa shape index (κ2) is 6.60. The van der Waals surface area contributed by atoms with Gasteiger partial charge in [-0.05, 0) is 18.4 Å². The van der Waals surface area contributed by atoms with Gasteiger partial charge >= 0.3 is 6.09 Å². The number of benzene rings is 1. The number of nitrogens with zero attached hydrogens (tertiary/aromatic N) is 4. The van der Waals surface area contributed by atoms with Crippen molar-refractivity contribution in [3.8, 4) is 0 Å². The maximum atomic E-state index is 12.5.